The first-order chi connectivity index (χ1) is 8.65. The van der Waals surface area contributed by atoms with Crippen molar-refractivity contribution in [2.45, 2.75) is 6.92 Å². The Labute approximate surface area is 102 Å². The normalized spacial score (nSPS) is 10.3. The first kappa shape index (κ1) is 11.9. The summed E-state index contributed by atoms with van der Waals surface area (Å²) in [6.45, 7) is 2.36. The van der Waals surface area contributed by atoms with Crippen LogP contribution in [0.1, 0.15) is 6.92 Å². The van der Waals surface area contributed by atoms with Crippen LogP contribution in [-0.4, -0.2) is 36.4 Å². The van der Waals surface area contributed by atoms with E-state index in [4.69, 9.17) is 0 Å². The monoisotopic (exact) mass is 249 g/mol. The molecule has 18 heavy (non-hydrogen) atoms. The van der Waals surface area contributed by atoms with Crippen LogP contribution in [0.4, 0.5) is 11.5 Å². The summed E-state index contributed by atoms with van der Waals surface area (Å²) in [6, 6.07) is 0. The van der Waals surface area contributed by atoms with Gasteiger partial charge in [-0.1, -0.05) is 5.21 Å². The van der Waals surface area contributed by atoms with Crippen molar-refractivity contribution in [1.82, 2.24) is 25.0 Å². The minimum Gasteiger partial charge on any atom is -0.364 e. The smallest absolute Gasteiger partial charge is 0.339 e. The molecule has 0 aliphatic rings. The maximum atomic E-state index is 11.2. The van der Waals surface area contributed by atoms with Gasteiger partial charge in [0.2, 0.25) is 5.82 Å². The van der Waals surface area contributed by atoms with Gasteiger partial charge in [0.25, 0.3) is 0 Å². The molecule has 0 unspecified atom stereocenters. The summed E-state index contributed by atoms with van der Waals surface area (Å²) in [5, 5.41) is 21.4. The molecule has 1 N–H and O–H groups in total. The van der Waals surface area contributed by atoms with Gasteiger partial charge in [-0.05, 0) is 6.92 Å². The second-order valence-electron chi connectivity index (χ2n) is 3.45. The molecule has 0 aliphatic carbocycles. The van der Waals surface area contributed by atoms with Crippen LogP contribution in [0, 0.1) is 10.1 Å². The molecule has 0 saturated carbocycles. The molecular formula is C9H11N7O2. The lowest BCUT2D eigenvalue weighted by Crippen LogP contribution is -2.07. The van der Waals surface area contributed by atoms with Gasteiger partial charge in [0.1, 0.15) is 12.0 Å². The maximum Gasteiger partial charge on any atom is 0.339 e. The molecule has 0 fully saturated rings. The van der Waals surface area contributed by atoms with E-state index in [1.165, 1.54) is 17.2 Å². The molecule has 2 aromatic rings. The van der Waals surface area contributed by atoms with Crippen LogP contribution in [0.25, 0.3) is 11.4 Å². The molecule has 2 rings (SSSR count). The lowest BCUT2D eigenvalue weighted by molar-refractivity contribution is -0.383. The Hall–Kier alpha value is -2.58. The van der Waals surface area contributed by atoms with E-state index in [1.807, 2.05) is 6.92 Å². The molecule has 2 aromatic heterocycles. The van der Waals surface area contributed by atoms with Gasteiger partial charge in [0, 0.05) is 13.6 Å². The average Bonchev–Trinajstić information content (AvgIpc) is 2.75. The Morgan fingerprint density at radius 2 is 2.28 bits per heavy atom. The Balaban J connectivity index is 2.64. The van der Waals surface area contributed by atoms with Gasteiger partial charge >= 0.3 is 5.69 Å². The van der Waals surface area contributed by atoms with Gasteiger partial charge in [-0.3, -0.25) is 10.1 Å². The van der Waals surface area contributed by atoms with Crippen molar-refractivity contribution in [3.05, 3.63) is 22.6 Å². The van der Waals surface area contributed by atoms with Crippen molar-refractivity contribution in [2.24, 2.45) is 7.05 Å². The summed E-state index contributed by atoms with van der Waals surface area (Å²) in [4.78, 5) is 18.5. The summed E-state index contributed by atoms with van der Waals surface area (Å²) >= 11 is 0. The van der Waals surface area contributed by atoms with Crippen molar-refractivity contribution in [3.63, 3.8) is 0 Å². The van der Waals surface area contributed by atoms with Crippen molar-refractivity contribution >= 4 is 11.5 Å². The van der Waals surface area contributed by atoms with Gasteiger partial charge in [0.05, 0.1) is 11.1 Å². The fourth-order valence-electron chi connectivity index (χ4n) is 1.54. The predicted molar refractivity (Wildman–Crippen MR) is 62.8 cm³/mol. The van der Waals surface area contributed by atoms with Crippen LogP contribution in [-0.2, 0) is 7.05 Å². The molecule has 0 radical (unpaired) electrons. The van der Waals surface area contributed by atoms with Crippen LogP contribution in [0.2, 0.25) is 0 Å². The van der Waals surface area contributed by atoms with Gasteiger partial charge in [-0.25, -0.2) is 14.6 Å². The fourth-order valence-corrected chi connectivity index (χ4v) is 1.54. The standard InChI is InChI=1S/C9H11N7O2/c1-3-10-9-8(16(17)18)7(11-5-12-9)6-4-13-14-15(6)2/h4-5H,3H2,1-2H3,(H,10,11,12). The first-order valence-electron chi connectivity index (χ1n) is 5.23. The molecule has 0 bridgehead atoms. The number of anilines is 1. The van der Waals surface area contributed by atoms with E-state index in [0.29, 0.717) is 12.2 Å². The molecule has 0 aromatic carbocycles. The van der Waals surface area contributed by atoms with E-state index >= 15 is 0 Å². The summed E-state index contributed by atoms with van der Waals surface area (Å²) < 4.78 is 1.42. The van der Waals surface area contributed by atoms with Gasteiger partial charge in [-0.2, -0.15) is 0 Å². The Morgan fingerprint density at radius 3 is 2.83 bits per heavy atom. The number of nitrogens with one attached hydrogen (secondary N) is 1. The summed E-state index contributed by atoms with van der Waals surface area (Å²) in [5.41, 5.74) is 0.478. The second-order valence-corrected chi connectivity index (χ2v) is 3.45. The first-order valence-corrected chi connectivity index (χ1v) is 5.23. The highest BCUT2D eigenvalue weighted by atomic mass is 16.6. The van der Waals surface area contributed by atoms with Crippen LogP contribution in [0.5, 0.6) is 0 Å². The number of aryl methyl sites for hydroxylation is 1. The van der Waals surface area contributed by atoms with Crippen LogP contribution >= 0.6 is 0 Å². The molecule has 0 aliphatic heterocycles. The highest BCUT2D eigenvalue weighted by molar-refractivity contribution is 5.74. The van der Waals surface area contributed by atoms with Crippen LogP contribution in [0.3, 0.4) is 0 Å². The largest absolute Gasteiger partial charge is 0.364 e. The highest BCUT2D eigenvalue weighted by Crippen LogP contribution is 2.31. The highest BCUT2D eigenvalue weighted by Gasteiger charge is 2.25. The molecule has 0 amide bonds. The lowest BCUT2D eigenvalue weighted by atomic mass is 10.2. The Bertz CT molecular complexity index is 580. The van der Waals surface area contributed by atoms with E-state index in [0.717, 1.165) is 0 Å². The SMILES string of the molecule is CCNc1ncnc(-c2cnnn2C)c1[N+](=O)[O-]. The van der Waals surface area contributed by atoms with E-state index < -0.39 is 4.92 Å². The molecular weight excluding hydrogens is 238 g/mol. The van der Waals surface area contributed by atoms with E-state index in [2.05, 4.69) is 25.6 Å². The maximum absolute atomic E-state index is 11.2. The second kappa shape index (κ2) is 4.73. The molecule has 0 spiro atoms. The topological polar surface area (TPSA) is 112 Å². The zero-order valence-corrected chi connectivity index (χ0v) is 9.86. The zero-order chi connectivity index (χ0) is 13.1. The van der Waals surface area contributed by atoms with Crippen LogP contribution in [0.15, 0.2) is 12.5 Å². The lowest BCUT2D eigenvalue weighted by Gasteiger charge is -2.06. The number of hydrogen-bond donors (Lipinski definition) is 1. The third kappa shape index (κ3) is 1.97. The number of hydrogen-bond acceptors (Lipinski definition) is 7. The third-order valence-corrected chi connectivity index (χ3v) is 2.31. The van der Waals surface area contributed by atoms with Crippen molar-refractivity contribution < 1.29 is 4.92 Å². The van der Waals surface area contributed by atoms with Gasteiger partial charge < -0.3 is 5.32 Å². The summed E-state index contributed by atoms with van der Waals surface area (Å²) in [5.74, 6) is 0.189. The van der Waals surface area contributed by atoms with E-state index in [-0.39, 0.29) is 17.2 Å². The van der Waals surface area contributed by atoms with Crippen molar-refractivity contribution in [3.8, 4) is 11.4 Å². The minimum absolute atomic E-state index is 0.176. The van der Waals surface area contributed by atoms with Crippen LogP contribution < -0.4 is 5.32 Å². The molecule has 0 saturated heterocycles. The minimum atomic E-state index is -0.514. The molecule has 9 heteroatoms. The number of rotatable bonds is 4. The Morgan fingerprint density at radius 1 is 1.50 bits per heavy atom. The molecule has 0 atom stereocenters. The van der Waals surface area contributed by atoms with E-state index in [9.17, 15) is 10.1 Å². The average molecular weight is 249 g/mol. The van der Waals surface area contributed by atoms with Gasteiger partial charge in [0.15, 0.2) is 5.69 Å². The summed E-state index contributed by atoms with van der Waals surface area (Å²) in [6.07, 6.45) is 2.69. The quantitative estimate of drug-likeness (QED) is 0.624. The molecule has 9 nitrogen and oxygen atoms in total. The van der Waals surface area contributed by atoms with E-state index in [1.54, 1.807) is 7.05 Å². The summed E-state index contributed by atoms with van der Waals surface area (Å²) in [7, 11) is 1.64. The molecule has 94 valence electrons. The number of aromatic nitrogens is 5. The third-order valence-electron chi connectivity index (χ3n) is 2.31. The van der Waals surface area contributed by atoms with Crippen molar-refractivity contribution in [2.75, 3.05) is 11.9 Å². The predicted octanol–water partition coefficient (Wildman–Crippen LogP) is 0.612. The number of nitro groups is 1. The number of nitrogens with zero attached hydrogens (tertiary/aromatic N) is 6. The van der Waals surface area contributed by atoms with Gasteiger partial charge in [-0.15, -0.1) is 5.10 Å². The fraction of sp³-hybridized carbons (Fsp3) is 0.333. The molecule has 2 heterocycles. The van der Waals surface area contributed by atoms with Crippen molar-refractivity contribution in [1.29, 1.82) is 0 Å². The Kier molecular flexibility index (Phi) is 3.13. The zero-order valence-electron chi connectivity index (χ0n) is 9.86.